The van der Waals surface area contributed by atoms with E-state index in [2.05, 4.69) is 28.3 Å². The molecular formula is C12H22N4. The molecule has 2 N–H and O–H groups in total. The Morgan fingerprint density at radius 1 is 1.50 bits per heavy atom. The van der Waals surface area contributed by atoms with Gasteiger partial charge in [-0.3, -0.25) is 0 Å². The van der Waals surface area contributed by atoms with Gasteiger partial charge in [-0.05, 0) is 39.2 Å². The topological polar surface area (TPSA) is 47.1 Å². The fourth-order valence-electron chi connectivity index (χ4n) is 2.46. The number of rotatable bonds is 3. The zero-order valence-corrected chi connectivity index (χ0v) is 10.3. The molecule has 1 aromatic heterocycles. The Balaban J connectivity index is 2.17. The van der Waals surface area contributed by atoms with Crippen molar-refractivity contribution in [2.75, 3.05) is 18.0 Å². The van der Waals surface area contributed by atoms with Crippen molar-refractivity contribution in [3.05, 3.63) is 12.4 Å². The van der Waals surface area contributed by atoms with Crippen LogP contribution in [0.2, 0.25) is 0 Å². The van der Waals surface area contributed by atoms with Crippen molar-refractivity contribution >= 4 is 5.95 Å². The van der Waals surface area contributed by atoms with E-state index < -0.39 is 0 Å². The molecule has 1 aromatic rings. The fraction of sp³-hybridized carbons (Fsp3) is 0.750. The Labute approximate surface area is 97.4 Å². The zero-order valence-electron chi connectivity index (χ0n) is 10.3. The Morgan fingerprint density at radius 3 is 3.00 bits per heavy atom. The molecule has 2 unspecified atom stereocenters. The molecule has 1 aliphatic heterocycles. The number of imidazole rings is 1. The summed E-state index contributed by atoms with van der Waals surface area (Å²) in [6, 6.07) is 0.579. The minimum Gasteiger partial charge on any atom is -0.339 e. The maximum Gasteiger partial charge on any atom is 0.205 e. The molecule has 0 bridgehead atoms. The van der Waals surface area contributed by atoms with E-state index in [0.717, 1.165) is 25.6 Å². The summed E-state index contributed by atoms with van der Waals surface area (Å²) >= 11 is 0. The lowest BCUT2D eigenvalue weighted by molar-refractivity contribution is 0.367. The van der Waals surface area contributed by atoms with Gasteiger partial charge in [-0.1, -0.05) is 0 Å². The minimum atomic E-state index is 0.579. The highest BCUT2D eigenvalue weighted by Crippen LogP contribution is 2.25. The summed E-state index contributed by atoms with van der Waals surface area (Å²) in [5.74, 6) is 1.73. The van der Waals surface area contributed by atoms with E-state index in [1.807, 2.05) is 12.4 Å². The predicted octanol–water partition coefficient (Wildman–Crippen LogP) is 1.47. The van der Waals surface area contributed by atoms with Gasteiger partial charge >= 0.3 is 0 Å². The molecule has 2 rings (SSSR count). The predicted molar refractivity (Wildman–Crippen MR) is 66.5 cm³/mol. The quantitative estimate of drug-likeness (QED) is 0.842. The molecule has 0 amide bonds. The van der Waals surface area contributed by atoms with Gasteiger partial charge in [0.25, 0.3) is 0 Å². The van der Waals surface area contributed by atoms with Crippen LogP contribution in [0.3, 0.4) is 0 Å². The minimum absolute atomic E-state index is 0.579. The summed E-state index contributed by atoms with van der Waals surface area (Å²) in [6.07, 6.45) is 6.41. The number of piperidine rings is 1. The Hall–Kier alpha value is -1.03. The Morgan fingerprint density at radius 2 is 2.31 bits per heavy atom. The highest BCUT2D eigenvalue weighted by Gasteiger charge is 2.26. The van der Waals surface area contributed by atoms with Crippen LogP contribution in [0.25, 0.3) is 0 Å². The third-order valence-corrected chi connectivity index (χ3v) is 3.60. The van der Waals surface area contributed by atoms with Crippen molar-refractivity contribution in [1.29, 1.82) is 0 Å². The number of hydrogen-bond donors (Lipinski definition) is 1. The molecule has 1 fully saturated rings. The molecule has 1 saturated heterocycles. The number of hydrogen-bond acceptors (Lipinski definition) is 3. The van der Waals surface area contributed by atoms with Crippen molar-refractivity contribution in [2.45, 2.75) is 39.3 Å². The third kappa shape index (κ3) is 2.07. The number of anilines is 1. The molecule has 16 heavy (non-hydrogen) atoms. The molecule has 0 aromatic carbocycles. The molecule has 90 valence electrons. The first-order chi connectivity index (χ1) is 7.76. The summed E-state index contributed by atoms with van der Waals surface area (Å²) in [7, 11) is 0. The third-order valence-electron chi connectivity index (χ3n) is 3.60. The summed E-state index contributed by atoms with van der Waals surface area (Å²) < 4.78 is 2.20. The molecule has 0 radical (unpaired) electrons. The van der Waals surface area contributed by atoms with E-state index in [-0.39, 0.29) is 0 Å². The van der Waals surface area contributed by atoms with Crippen LogP contribution in [0, 0.1) is 5.92 Å². The number of aryl methyl sites for hydroxylation is 1. The standard InChI is InChI=1S/C12H22N4/c1-3-15-7-6-14-12(15)16-9-11(8-13)5-4-10(16)2/h6-7,10-11H,3-5,8-9,13H2,1-2H3. The number of nitrogens with two attached hydrogens (primary N) is 1. The normalized spacial score (nSPS) is 26.1. The lowest BCUT2D eigenvalue weighted by atomic mass is 9.94. The summed E-state index contributed by atoms with van der Waals surface area (Å²) in [5, 5.41) is 0. The van der Waals surface area contributed by atoms with Gasteiger partial charge in [-0.25, -0.2) is 4.98 Å². The van der Waals surface area contributed by atoms with Gasteiger partial charge < -0.3 is 15.2 Å². The molecule has 1 aliphatic rings. The summed E-state index contributed by atoms with van der Waals surface area (Å²) in [6.45, 7) is 7.25. The van der Waals surface area contributed by atoms with Gasteiger partial charge in [0.15, 0.2) is 0 Å². The molecule has 4 nitrogen and oxygen atoms in total. The second kappa shape index (κ2) is 4.87. The van der Waals surface area contributed by atoms with Gasteiger partial charge in [0.1, 0.15) is 0 Å². The van der Waals surface area contributed by atoms with Crippen LogP contribution in [-0.2, 0) is 6.54 Å². The van der Waals surface area contributed by atoms with Crippen molar-refractivity contribution in [3.8, 4) is 0 Å². The first kappa shape index (κ1) is 11.5. The van der Waals surface area contributed by atoms with Crippen LogP contribution in [0.5, 0.6) is 0 Å². The number of aromatic nitrogens is 2. The van der Waals surface area contributed by atoms with Gasteiger partial charge in [0, 0.05) is 31.5 Å². The van der Waals surface area contributed by atoms with Crippen molar-refractivity contribution in [3.63, 3.8) is 0 Å². The Bertz CT molecular complexity index is 334. The van der Waals surface area contributed by atoms with Crippen LogP contribution < -0.4 is 10.6 Å². The molecule has 2 atom stereocenters. The largest absolute Gasteiger partial charge is 0.339 e. The van der Waals surface area contributed by atoms with Gasteiger partial charge in [0.2, 0.25) is 5.95 Å². The average Bonchev–Trinajstić information content (AvgIpc) is 2.77. The molecule has 0 saturated carbocycles. The highest BCUT2D eigenvalue weighted by atomic mass is 15.3. The van der Waals surface area contributed by atoms with Crippen LogP contribution in [0.1, 0.15) is 26.7 Å². The van der Waals surface area contributed by atoms with Gasteiger partial charge in [-0.15, -0.1) is 0 Å². The van der Waals surface area contributed by atoms with E-state index in [1.165, 1.54) is 12.8 Å². The first-order valence-electron chi connectivity index (χ1n) is 6.24. The molecule has 0 aliphatic carbocycles. The van der Waals surface area contributed by atoms with E-state index in [4.69, 9.17) is 5.73 Å². The van der Waals surface area contributed by atoms with Crippen LogP contribution in [0.4, 0.5) is 5.95 Å². The molecular weight excluding hydrogens is 200 g/mol. The SMILES string of the molecule is CCn1ccnc1N1CC(CN)CCC1C. The van der Waals surface area contributed by atoms with Crippen LogP contribution in [0.15, 0.2) is 12.4 Å². The van der Waals surface area contributed by atoms with Crippen molar-refractivity contribution < 1.29 is 0 Å². The summed E-state index contributed by atoms with van der Waals surface area (Å²) in [4.78, 5) is 6.89. The smallest absolute Gasteiger partial charge is 0.205 e. The average molecular weight is 222 g/mol. The van der Waals surface area contributed by atoms with E-state index in [1.54, 1.807) is 0 Å². The maximum absolute atomic E-state index is 5.78. The molecule has 4 heteroatoms. The molecule has 2 heterocycles. The molecule has 0 spiro atoms. The lowest BCUT2D eigenvalue weighted by Crippen LogP contribution is -2.45. The van der Waals surface area contributed by atoms with E-state index >= 15 is 0 Å². The van der Waals surface area contributed by atoms with Crippen molar-refractivity contribution in [1.82, 2.24) is 9.55 Å². The van der Waals surface area contributed by atoms with Gasteiger partial charge in [0.05, 0.1) is 0 Å². The monoisotopic (exact) mass is 222 g/mol. The van der Waals surface area contributed by atoms with Crippen molar-refractivity contribution in [2.24, 2.45) is 11.7 Å². The van der Waals surface area contributed by atoms with Crippen LogP contribution in [-0.4, -0.2) is 28.7 Å². The maximum atomic E-state index is 5.78. The van der Waals surface area contributed by atoms with E-state index in [0.29, 0.717) is 12.0 Å². The van der Waals surface area contributed by atoms with Gasteiger partial charge in [-0.2, -0.15) is 0 Å². The summed E-state index contributed by atoms with van der Waals surface area (Å²) in [5.41, 5.74) is 5.78. The zero-order chi connectivity index (χ0) is 11.5. The highest BCUT2D eigenvalue weighted by molar-refractivity contribution is 5.34. The fourth-order valence-corrected chi connectivity index (χ4v) is 2.46. The lowest BCUT2D eigenvalue weighted by Gasteiger charge is -2.38. The second-order valence-corrected chi connectivity index (χ2v) is 4.69. The van der Waals surface area contributed by atoms with Crippen LogP contribution >= 0.6 is 0 Å². The second-order valence-electron chi connectivity index (χ2n) is 4.69. The Kier molecular flexibility index (Phi) is 3.49. The number of nitrogens with zero attached hydrogens (tertiary/aromatic N) is 3. The first-order valence-corrected chi connectivity index (χ1v) is 6.24. The van der Waals surface area contributed by atoms with E-state index in [9.17, 15) is 0 Å².